The highest BCUT2D eigenvalue weighted by atomic mass is 127. The van der Waals surface area contributed by atoms with Crippen molar-refractivity contribution in [2.24, 2.45) is 18.0 Å². The lowest BCUT2D eigenvalue weighted by atomic mass is 10.2. The molecule has 0 atom stereocenters. The van der Waals surface area contributed by atoms with Gasteiger partial charge in [0.05, 0.1) is 18.5 Å². The Bertz CT molecular complexity index is 577. The van der Waals surface area contributed by atoms with Crippen LogP contribution in [-0.2, 0) is 20.0 Å². The molecule has 0 amide bonds. The van der Waals surface area contributed by atoms with Crippen molar-refractivity contribution in [3.63, 3.8) is 0 Å². The monoisotopic (exact) mass is 431 g/mol. The molecule has 2 N–H and O–H groups in total. The topological polar surface area (TPSA) is 67.4 Å². The third-order valence-corrected chi connectivity index (χ3v) is 3.24. The van der Waals surface area contributed by atoms with E-state index in [-0.39, 0.29) is 24.0 Å². The summed E-state index contributed by atoms with van der Waals surface area (Å²) >= 11 is 0. The third-order valence-electron chi connectivity index (χ3n) is 3.24. The molecule has 128 valence electrons. The zero-order valence-electron chi connectivity index (χ0n) is 14.0. The van der Waals surface area contributed by atoms with Crippen molar-refractivity contribution in [2.45, 2.75) is 26.8 Å². The van der Waals surface area contributed by atoms with Crippen molar-refractivity contribution in [3.05, 3.63) is 42.1 Å². The van der Waals surface area contributed by atoms with Crippen LogP contribution in [0.15, 0.2) is 40.1 Å². The van der Waals surface area contributed by atoms with E-state index in [4.69, 9.17) is 4.42 Å². The largest absolute Gasteiger partial charge is 0.469 e. The van der Waals surface area contributed by atoms with Gasteiger partial charge < -0.3 is 15.1 Å². The first-order chi connectivity index (χ1) is 10.6. The molecule has 2 aromatic heterocycles. The van der Waals surface area contributed by atoms with Crippen LogP contribution in [-0.4, -0.2) is 28.8 Å². The molecule has 0 aliphatic heterocycles. The number of nitrogens with zero attached hydrogens (tertiary/aromatic N) is 3. The predicted octanol–water partition coefficient (Wildman–Crippen LogP) is 2.57. The summed E-state index contributed by atoms with van der Waals surface area (Å²) in [5.74, 6) is 2.36. The Morgan fingerprint density at radius 3 is 2.78 bits per heavy atom. The normalized spacial score (nSPS) is 11.4. The molecule has 0 fully saturated rings. The molecule has 0 aliphatic rings. The maximum atomic E-state index is 5.34. The minimum atomic E-state index is 0. The first-order valence-electron chi connectivity index (χ1n) is 7.66. The number of rotatable bonds is 7. The van der Waals surface area contributed by atoms with Gasteiger partial charge >= 0.3 is 0 Å². The van der Waals surface area contributed by atoms with E-state index in [1.165, 1.54) is 0 Å². The molecule has 0 aliphatic carbocycles. The zero-order chi connectivity index (χ0) is 15.8. The maximum Gasteiger partial charge on any atom is 0.191 e. The molecule has 6 nitrogen and oxygen atoms in total. The Balaban J connectivity index is 0.00000264. The highest BCUT2D eigenvalue weighted by Gasteiger charge is 2.03. The molecule has 0 bridgehead atoms. The van der Waals surface area contributed by atoms with Crippen LogP contribution < -0.4 is 10.6 Å². The molecule has 0 radical (unpaired) electrons. The Kier molecular flexibility index (Phi) is 8.75. The van der Waals surface area contributed by atoms with Crippen LogP contribution in [0.4, 0.5) is 0 Å². The van der Waals surface area contributed by atoms with E-state index in [0.717, 1.165) is 36.9 Å². The van der Waals surface area contributed by atoms with Gasteiger partial charge in [-0.2, -0.15) is 5.10 Å². The standard InChI is InChI=1S/C16H25N5O.HI/c1-13(2)11-18-16(17-8-7-15-5-4-10-22-15)19-12-14-6-9-20-21(14)3;/h4-6,9-10,13H,7-8,11-12H2,1-3H3,(H2,17,18,19);1H. The Morgan fingerprint density at radius 2 is 2.17 bits per heavy atom. The van der Waals surface area contributed by atoms with Gasteiger partial charge in [0.15, 0.2) is 5.96 Å². The van der Waals surface area contributed by atoms with Gasteiger partial charge in [0.2, 0.25) is 0 Å². The molecule has 0 unspecified atom stereocenters. The second kappa shape index (κ2) is 10.3. The van der Waals surface area contributed by atoms with Gasteiger partial charge in [0.1, 0.15) is 5.76 Å². The molecule has 0 spiro atoms. The summed E-state index contributed by atoms with van der Waals surface area (Å²) in [5, 5.41) is 10.9. The van der Waals surface area contributed by atoms with Crippen molar-refractivity contribution in [1.29, 1.82) is 0 Å². The molecule has 0 saturated heterocycles. The second-order valence-corrected chi connectivity index (χ2v) is 5.64. The summed E-state index contributed by atoms with van der Waals surface area (Å²) in [6, 6.07) is 5.87. The number of guanidine groups is 1. The van der Waals surface area contributed by atoms with Crippen LogP contribution in [0.3, 0.4) is 0 Å². The minimum Gasteiger partial charge on any atom is -0.469 e. The fraction of sp³-hybridized carbons (Fsp3) is 0.500. The lowest BCUT2D eigenvalue weighted by Crippen LogP contribution is -2.40. The smallest absolute Gasteiger partial charge is 0.191 e. The maximum absolute atomic E-state index is 5.34. The lowest BCUT2D eigenvalue weighted by Gasteiger charge is -2.14. The molecular weight excluding hydrogens is 405 g/mol. The molecular formula is C16H26IN5O. The van der Waals surface area contributed by atoms with Crippen molar-refractivity contribution in [1.82, 2.24) is 20.4 Å². The number of hydrogen-bond donors (Lipinski definition) is 2. The average molecular weight is 431 g/mol. The Labute approximate surface area is 154 Å². The number of aromatic nitrogens is 2. The third kappa shape index (κ3) is 7.06. The van der Waals surface area contributed by atoms with E-state index < -0.39 is 0 Å². The number of nitrogens with one attached hydrogen (secondary N) is 2. The number of furan rings is 1. The van der Waals surface area contributed by atoms with Crippen LogP contribution in [0.5, 0.6) is 0 Å². The first-order valence-corrected chi connectivity index (χ1v) is 7.66. The summed E-state index contributed by atoms with van der Waals surface area (Å²) < 4.78 is 7.18. The van der Waals surface area contributed by atoms with Crippen molar-refractivity contribution in [3.8, 4) is 0 Å². The Morgan fingerprint density at radius 1 is 1.35 bits per heavy atom. The van der Waals surface area contributed by atoms with E-state index in [0.29, 0.717) is 12.5 Å². The zero-order valence-corrected chi connectivity index (χ0v) is 16.3. The van der Waals surface area contributed by atoms with Crippen molar-refractivity contribution < 1.29 is 4.42 Å². The van der Waals surface area contributed by atoms with Gasteiger partial charge in [0, 0.05) is 32.8 Å². The fourth-order valence-corrected chi connectivity index (χ4v) is 1.95. The fourth-order valence-electron chi connectivity index (χ4n) is 1.95. The second-order valence-electron chi connectivity index (χ2n) is 5.64. The van der Waals surface area contributed by atoms with Gasteiger partial charge in [-0.15, -0.1) is 24.0 Å². The van der Waals surface area contributed by atoms with Crippen molar-refractivity contribution >= 4 is 29.9 Å². The number of halogens is 1. The quantitative estimate of drug-likeness (QED) is 0.402. The summed E-state index contributed by atoms with van der Waals surface area (Å²) in [6.45, 7) is 6.62. The van der Waals surface area contributed by atoms with E-state index in [1.54, 1.807) is 12.5 Å². The summed E-state index contributed by atoms with van der Waals surface area (Å²) in [6.07, 6.45) is 4.32. The van der Waals surface area contributed by atoms with E-state index in [2.05, 4.69) is 34.6 Å². The first kappa shape index (κ1) is 19.5. The predicted molar refractivity (Wildman–Crippen MR) is 103 cm³/mol. The van der Waals surface area contributed by atoms with Gasteiger partial charge in [0.25, 0.3) is 0 Å². The molecule has 2 aromatic rings. The summed E-state index contributed by atoms with van der Waals surface area (Å²) in [5.41, 5.74) is 1.08. The van der Waals surface area contributed by atoms with E-state index in [1.807, 2.05) is 29.9 Å². The van der Waals surface area contributed by atoms with E-state index >= 15 is 0 Å². The summed E-state index contributed by atoms with van der Waals surface area (Å²) in [4.78, 5) is 4.62. The van der Waals surface area contributed by atoms with Crippen molar-refractivity contribution in [2.75, 3.05) is 13.1 Å². The molecule has 0 aromatic carbocycles. The van der Waals surface area contributed by atoms with Gasteiger partial charge in [-0.25, -0.2) is 4.99 Å². The van der Waals surface area contributed by atoms with Crippen LogP contribution in [0.1, 0.15) is 25.3 Å². The summed E-state index contributed by atoms with van der Waals surface area (Å²) in [7, 11) is 1.93. The highest BCUT2D eigenvalue weighted by Crippen LogP contribution is 2.00. The van der Waals surface area contributed by atoms with Crippen LogP contribution in [0.25, 0.3) is 0 Å². The average Bonchev–Trinajstić information content (AvgIpc) is 3.13. The minimum absolute atomic E-state index is 0. The SMILES string of the molecule is CC(C)CNC(=NCc1ccnn1C)NCCc1ccco1.I. The molecule has 2 heterocycles. The number of hydrogen-bond acceptors (Lipinski definition) is 3. The lowest BCUT2D eigenvalue weighted by molar-refractivity contribution is 0.506. The van der Waals surface area contributed by atoms with Crippen LogP contribution >= 0.6 is 24.0 Å². The van der Waals surface area contributed by atoms with E-state index in [9.17, 15) is 0 Å². The molecule has 23 heavy (non-hydrogen) atoms. The number of aryl methyl sites for hydroxylation is 1. The Hall–Kier alpha value is -1.51. The van der Waals surface area contributed by atoms with Gasteiger partial charge in [-0.3, -0.25) is 4.68 Å². The van der Waals surface area contributed by atoms with Crippen LogP contribution in [0.2, 0.25) is 0 Å². The molecule has 7 heteroatoms. The highest BCUT2D eigenvalue weighted by molar-refractivity contribution is 14.0. The van der Waals surface area contributed by atoms with Crippen LogP contribution in [0, 0.1) is 5.92 Å². The van der Waals surface area contributed by atoms with Gasteiger partial charge in [-0.05, 0) is 24.1 Å². The molecule has 0 saturated carbocycles. The van der Waals surface area contributed by atoms with Gasteiger partial charge in [-0.1, -0.05) is 13.8 Å². The molecule has 2 rings (SSSR count). The number of aliphatic imine (C=N–C) groups is 1.